The fourth-order valence-electron chi connectivity index (χ4n) is 2.24. The number of hydrogen-bond acceptors (Lipinski definition) is 4. The summed E-state index contributed by atoms with van der Waals surface area (Å²) in [6.45, 7) is 3.80. The van der Waals surface area contributed by atoms with Gasteiger partial charge in [0.25, 0.3) is 0 Å². The summed E-state index contributed by atoms with van der Waals surface area (Å²) in [7, 11) is 0. The Morgan fingerprint density at radius 2 is 2.47 bits per heavy atom. The van der Waals surface area contributed by atoms with Gasteiger partial charge in [0, 0.05) is 36.9 Å². The summed E-state index contributed by atoms with van der Waals surface area (Å²) in [4.78, 5) is 4.47. The zero-order chi connectivity index (χ0) is 12.1. The minimum absolute atomic E-state index is 0.262. The molecule has 0 aliphatic carbocycles. The van der Waals surface area contributed by atoms with Crippen molar-refractivity contribution in [1.82, 2.24) is 10.4 Å². The first-order valence-electron chi connectivity index (χ1n) is 6.31. The number of aromatic nitrogens is 1. The molecule has 2 heterocycles. The molecule has 0 radical (unpaired) electrons. The van der Waals surface area contributed by atoms with Crippen LogP contribution in [-0.2, 0) is 17.6 Å². The number of rotatable bonds is 5. The normalized spacial score (nSPS) is 21.6. The van der Waals surface area contributed by atoms with Gasteiger partial charge in [0.2, 0.25) is 0 Å². The van der Waals surface area contributed by atoms with Crippen LogP contribution in [0.5, 0.6) is 0 Å². The van der Waals surface area contributed by atoms with Gasteiger partial charge in [-0.1, -0.05) is 13.0 Å². The molecular weight excluding hydrogens is 214 g/mol. The van der Waals surface area contributed by atoms with Gasteiger partial charge in [-0.2, -0.15) is 0 Å². The number of nitrogens with zero attached hydrogens (tertiary/aromatic N) is 1. The minimum atomic E-state index is 0.262. The van der Waals surface area contributed by atoms with Gasteiger partial charge < -0.3 is 4.74 Å². The monoisotopic (exact) mass is 235 g/mol. The Kier molecular flexibility index (Phi) is 4.48. The highest BCUT2D eigenvalue weighted by atomic mass is 16.5. The van der Waals surface area contributed by atoms with E-state index in [4.69, 9.17) is 10.6 Å². The molecule has 2 rings (SSSR count). The van der Waals surface area contributed by atoms with Gasteiger partial charge in [-0.25, -0.2) is 0 Å². The molecule has 3 N–H and O–H groups in total. The first-order chi connectivity index (χ1) is 8.33. The second kappa shape index (κ2) is 6.10. The van der Waals surface area contributed by atoms with E-state index in [0.717, 1.165) is 38.2 Å². The first kappa shape index (κ1) is 12.5. The molecule has 0 bridgehead atoms. The average Bonchev–Trinajstić information content (AvgIpc) is 2.90. The third kappa shape index (κ3) is 3.25. The Balaban J connectivity index is 1.96. The molecule has 0 spiro atoms. The number of hydrogen-bond donors (Lipinski definition) is 2. The Morgan fingerprint density at radius 3 is 3.00 bits per heavy atom. The zero-order valence-electron chi connectivity index (χ0n) is 10.4. The van der Waals surface area contributed by atoms with Crippen LogP contribution in [-0.4, -0.2) is 24.2 Å². The van der Waals surface area contributed by atoms with Crippen LogP contribution in [0, 0.1) is 5.92 Å². The number of pyridine rings is 1. The van der Waals surface area contributed by atoms with Crippen molar-refractivity contribution in [1.29, 1.82) is 0 Å². The van der Waals surface area contributed by atoms with Crippen LogP contribution < -0.4 is 11.3 Å². The second-order valence-corrected chi connectivity index (χ2v) is 4.61. The van der Waals surface area contributed by atoms with Crippen molar-refractivity contribution in [3.8, 4) is 0 Å². The fraction of sp³-hybridized carbons (Fsp3) is 0.615. The van der Waals surface area contributed by atoms with Crippen LogP contribution in [0.2, 0.25) is 0 Å². The molecule has 0 amide bonds. The quantitative estimate of drug-likeness (QED) is 0.591. The summed E-state index contributed by atoms with van der Waals surface area (Å²) in [5.74, 6) is 6.13. The molecule has 4 heteroatoms. The van der Waals surface area contributed by atoms with Crippen molar-refractivity contribution in [3.63, 3.8) is 0 Å². The molecule has 1 fully saturated rings. The van der Waals surface area contributed by atoms with E-state index in [9.17, 15) is 0 Å². The molecule has 1 aromatic heterocycles. The Bertz CT molecular complexity index is 333. The Hall–Kier alpha value is -0.970. The number of ether oxygens (including phenoxy) is 1. The van der Waals surface area contributed by atoms with E-state index in [2.05, 4.69) is 29.5 Å². The maximum atomic E-state index is 5.62. The Labute approximate surface area is 103 Å². The highest BCUT2D eigenvalue weighted by molar-refractivity contribution is 5.14. The largest absolute Gasteiger partial charge is 0.381 e. The van der Waals surface area contributed by atoms with Gasteiger partial charge in [-0.3, -0.25) is 16.3 Å². The van der Waals surface area contributed by atoms with Crippen molar-refractivity contribution in [2.75, 3.05) is 13.2 Å². The highest BCUT2D eigenvalue weighted by Crippen LogP contribution is 2.19. The van der Waals surface area contributed by atoms with E-state index < -0.39 is 0 Å². The van der Waals surface area contributed by atoms with Gasteiger partial charge in [-0.05, 0) is 24.5 Å². The van der Waals surface area contributed by atoms with Gasteiger partial charge in [0.05, 0.1) is 6.61 Å². The van der Waals surface area contributed by atoms with Crippen molar-refractivity contribution in [2.24, 2.45) is 11.8 Å². The van der Waals surface area contributed by atoms with E-state index in [0.29, 0.717) is 5.92 Å². The summed E-state index contributed by atoms with van der Waals surface area (Å²) in [5.41, 5.74) is 5.27. The van der Waals surface area contributed by atoms with Crippen LogP contribution in [0.1, 0.15) is 24.6 Å². The van der Waals surface area contributed by atoms with Crippen LogP contribution in [0.25, 0.3) is 0 Å². The zero-order valence-corrected chi connectivity index (χ0v) is 10.4. The summed E-state index contributed by atoms with van der Waals surface area (Å²) in [6.07, 6.45) is 4.94. The van der Waals surface area contributed by atoms with Crippen LogP contribution in [0.15, 0.2) is 18.3 Å². The first-order valence-corrected chi connectivity index (χ1v) is 6.31. The van der Waals surface area contributed by atoms with Gasteiger partial charge in [-0.15, -0.1) is 0 Å². The molecule has 94 valence electrons. The average molecular weight is 235 g/mol. The molecule has 1 saturated heterocycles. The lowest BCUT2D eigenvalue weighted by molar-refractivity contribution is 0.176. The topological polar surface area (TPSA) is 60.2 Å². The van der Waals surface area contributed by atoms with E-state index in [1.165, 1.54) is 5.56 Å². The molecule has 2 unspecified atom stereocenters. The summed E-state index contributed by atoms with van der Waals surface area (Å²) < 4.78 is 5.40. The lowest BCUT2D eigenvalue weighted by Gasteiger charge is -2.21. The summed E-state index contributed by atoms with van der Waals surface area (Å²) >= 11 is 0. The number of nitrogens with two attached hydrogens (primary N) is 1. The number of aryl methyl sites for hydroxylation is 1. The van der Waals surface area contributed by atoms with Crippen molar-refractivity contribution in [3.05, 3.63) is 29.6 Å². The predicted octanol–water partition coefficient (Wildman–Crippen LogP) is 1.05. The van der Waals surface area contributed by atoms with Crippen LogP contribution in [0.3, 0.4) is 0 Å². The second-order valence-electron chi connectivity index (χ2n) is 4.61. The van der Waals surface area contributed by atoms with Crippen molar-refractivity contribution < 1.29 is 4.74 Å². The number of hydrazine groups is 1. The SMILES string of the molecule is CCc1ccc(CC(NN)C2CCOC2)nc1. The molecule has 2 atom stereocenters. The lowest BCUT2D eigenvalue weighted by Crippen LogP contribution is -2.42. The van der Waals surface area contributed by atoms with Crippen molar-refractivity contribution >= 4 is 0 Å². The fourth-order valence-corrected chi connectivity index (χ4v) is 2.24. The molecule has 0 saturated carbocycles. The predicted molar refractivity (Wildman–Crippen MR) is 67.4 cm³/mol. The molecular formula is C13H21N3O. The number of nitrogens with one attached hydrogen (secondary N) is 1. The molecule has 4 nitrogen and oxygen atoms in total. The summed E-state index contributed by atoms with van der Waals surface area (Å²) in [6, 6.07) is 4.50. The lowest BCUT2D eigenvalue weighted by atomic mass is 9.95. The van der Waals surface area contributed by atoms with Crippen molar-refractivity contribution in [2.45, 2.75) is 32.2 Å². The molecule has 1 aliphatic rings. The summed E-state index contributed by atoms with van der Waals surface area (Å²) in [5, 5.41) is 0. The highest BCUT2D eigenvalue weighted by Gasteiger charge is 2.25. The third-order valence-electron chi connectivity index (χ3n) is 3.47. The third-order valence-corrected chi connectivity index (χ3v) is 3.47. The molecule has 0 aromatic carbocycles. The molecule has 17 heavy (non-hydrogen) atoms. The van der Waals surface area contributed by atoms with Crippen LogP contribution in [0.4, 0.5) is 0 Å². The van der Waals surface area contributed by atoms with E-state index in [1.807, 2.05) is 6.20 Å². The van der Waals surface area contributed by atoms with E-state index in [-0.39, 0.29) is 6.04 Å². The Morgan fingerprint density at radius 1 is 1.59 bits per heavy atom. The molecule has 1 aliphatic heterocycles. The van der Waals surface area contributed by atoms with Gasteiger partial charge in [0.15, 0.2) is 0 Å². The van der Waals surface area contributed by atoms with E-state index >= 15 is 0 Å². The van der Waals surface area contributed by atoms with E-state index in [1.54, 1.807) is 0 Å². The smallest absolute Gasteiger partial charge is 0.0510 e. The van der Waals surface area contributed by atoms with Crippen LogP contribution >= 0.6 is 0 Å². The maximum Gasteiger partial charge on any atom is 0.0510 e. The van der Waals surface area contributed by atoms with Gasteiger partial charge in [0.1, 0.15) is 0 Å². The van der Waals surface area contributed by atoms with Gasteiger partial charge >= 0.3 is 0 Å². The molecule has 1 aromatic rings. The maximum absolute atomic E-state index is 5.62. The minimum Gasteiger partial charge on any atom is -0.381 e. The standard InChI is InChI=1S/C13H21N3O/c1-2-10-3-4-12(15-8-10)7-13(16-14)11-5-6-17-9-11/h3-4,8,11,13,16H,2,5-7,9,14H2,1H3.